The molecule has 0 aromatic carbocycles. The number of nitrogens with zero attached hydrogens (tertiary/aromatic N) is 4. The van der Waals surface area contributed by atoms with Crippen LogP contribution in [0, 0.1) is 10.5 Å². The maximum absolute atomic E-state index is 10.8. The van der Waals surface area contributed by atoms with Crippen LogP contribution in [-0.4, -0.2) is 30.8 Å². The maximum atomic E-state index is 10.8. The van der Waals surface area contributed by atoms with E-state index in [2.05, 4.69) is 37.7 Å². The Balaban J connectivity index is 2.53. The molecule has 2 aromatic heterocycles. The van der Waals surface area contributed by atoms with E-state index in [0.717, 1.165) is 3.57 Å². The topological polar surface area (TPSA) is 80.9 Å². The number of hydrogen-bond donors (Lipinski definition) is 1. The summed E-state index contributed by atoms with van der Waals surface area (Å²) in [6.45, 7) is 1.71. The number of aromatic nitrogens is 4. The molecule has 0 aliphatic carbocycles. The summed E-state index contributed by atoms with van der Waals surface area (Å²) < 4.78 is 2.38. The second-order valence-electron chi connectivity index (χ2n) is 3.10. The third-order valence-corrected chi connectivity index (χ3v) is 2.37. The van der Waals surface area contributed by atoms with Crippen LogP contribution >= 0.6 is 22.6 Å². The highest BCUT2D eigenvalue weighted by molar-refractivity contribution is 14.1. The van der Waals surface area contributed by atoms with E-state index in [1.165, 1.54) is 10.7 Å². The lowest BCUT2D eigenvalue weighted by Crippen LogP contribution is -2.09. The first kappa shape index (κ1) is 11.0. The minimum absolute atomic E-state index is 0.0343. The van der Waals surface area contributed by atoms with Gasteiger partial charge in [-0.25, -0.2) is 19.4 Å². The lowest BCUT2D eigenvalue weighted by molar-refractivity contribution is 0.0690. The molecule has 0 aliphatic heterocycles. The van der Waals surface area contributed by atoms with Gasteiger partial charge in [-0.15, -0.1) is 0 Å². The third kappa shape index (κ3) is 2.18. The number of aryl methyl sites for hydroxylation is 1. The van der Waals surface area contributed by atoms with Crippen LogP contribution in [0.1, 0.15) is 16.2 Å². The molecule has 0 fully saturated rings. The van der Waals surface area contributed by atoms with Crippen LogP contribution < -0.4 is 0 Å². The second kappa shape index (κ2) is 4.16. The number of halogens is 1. The van der Waals surface area contributed by atoms with Gasteiger partial charge >= 0.3 is 5.97 Å². The fourth-order valence-corrected chi connectivity index (χ4v) is 1.56. The third-order valence-electron chi connectivity index (χ3n) is 1.82. The lowest BCUT2D eigenvalue weighted by atomic mass is 10.3. The van der Waals surface area contributed by atoms with E-state index in [1.807, 2.05) is 0 Å². The van der Waals surface area contributed by atoms with E-state index in [1.54, 1.807) is 19.3 Å². The largest absolute Gasteiger partial charge is 0.477 e. The van der Waals surface area contributed by atoms with E-state index in [4.69, 9.17) is 5.11 Å². The van der Waals surface area contributed by atoms with Crippen LogP contribution in [0.4, 0.5) is 0 Å². The molecular formula is C9H7IN4O2. The van der Waals surface area contributed by atoms with Crippen molar-refractivity contribution in [2.45, 2.75) is 6.92 Å². The van der Waals surface area contributed by atoms with Gasteiger partial charge in [-0.2, -0.15) is 5.10 Å². The smallest absolute Gasteiger partial charge is 0.354 e. The fraction of sp³-hybridized carbons (Fsp3) is 0.111. The summed E-state index contributed by atoms with van der Waals surface area (Å²) in [4.78, 5) is 18.8. The summed E-state index contributed by atoms with van der Waals surface area (Å²) in [6, 6.07) is 1.42. The van der Waals surface area contributed by atoms with E-state index >= 15 is 0 Å². The van der Waals surface area contributed by atoms with Gasteiger partial charge in [0.2, 0.25) is 0 Å². The molecule has 0 atom stereocenters. The van der Waals surface area contributed by atoms with Crippen molar-refractivity contribution in [2.75, 3.05) is 0 Å². The predicted octanol–water partition coefficient (Wildman–Crippen LogP) is 1.27. The highest BCUT2D eigenvalue weighted by Crippen LogP contribution is 2.08. The van der Waals surface area contributed by atoms with E-state index in [9.17, 15) is 4.79 Å². The first-order chi connectivity index (χ1) is 7.56. The molecule has 82 valence electrons. The van der Waals surface area contributed by atoms with Gasteiger partial charge in [0, 0.05) is 11.9 Å². The molecule has 2 rings (SSSR count). The van der Waals surface area contributed by atoms with Gasteiger partial charge in [0.05, 0.1) is 9.77 Å². The van der Waals surface area contributed by atoms with Gasteiger partial charge < -0.3 is 5.11 Å². The van der Waals surface area contributed by atoms with Crippen LogP contribution in [0.5, 0.6) is 0 Å². The molecule has 0 saturated heterocycles. The molecule has 0 aliphatic rings. The molecule has 6 nitrogen and oxygen atoms in total. The Labute approximate surface area is 104 Å². The van der Waals surface area contributed by atoms with Crippen molar-refractivity contribution in [3.63, 3.8) is 0 Å². The molecule has 7 heteroatoms. The van der Waals surface area contributed by atoms with Crippen molar-refractivity contribution in [3.05, 3.63) is 33.4 Å². The Kier molecular flexibility index (Phi) is 2.86. The molecule has 1 N–H and O–H groups in total. The minimum Gasteiger partial charge on any atom is -0.477 e. The Bertz CT molecular complexity index is 552. The number of carboxylic acid groups (broad SMARTS) is 1. The highest BCUT2D eigenvalue weighted by atomic mass is 127. The molecule has 0 spiro atoms. The second-order valence-corrected chi connectivity index (χ2v) is 4.35. The number of carboxylic acids is 1. The average Bonchev–Trinajstić information content (AvgIpc) is 2.64. The summed E-state index contributed by atoms with van der Waals surface area (Å²) >= 11 is 2.10. The van der Waals surface area contributed by atoms with Crippen molar-refractivity contribution >= 4 is 28.6 Å². The van der Waals surface area contributed by atoms with Crippen LogP contribution in [0.25, 0.3) is 5.95 Å². The quantitative estimate of drug-likeness (QED) is 0.839. The molecule has 0 unspecified atom stereocenters. The van der Waals surface area contributed by atoms with Crippen molar-refractivity contribution in [1.29, 1.82) is 0 Å². The monoisotopic (exact) mass is 330 g/mol. The van der Waals surface area contributed by atoms with Gasteiger partial charge in [-0.3, -0.25) is 0 Å². The van der Waals surface area contributed by atoms with Crippen molar-refractivity contribution in [2.24, 2.45) is 0 Å². The summed E-state index contributed by atoms with van der Waals surface area (Å²) in [5.41, 5.74) is 0.556. The minimum atomic E-state index is -1.08. The summed E-state index contributed by atoms with van der Waals surface area (Å²) in [5.74, 6) is -0.811. The van der Waals surface area contributed by atoms with Crippen molar-refractivity contribution < 1.29 is 9.90 Å². The first-order valence-electron chi connectivity index (χ1n) is 4.36. The fourth-order valence-electron chi connectivity index (χ4n) is 1.18. The number of aromatic carboxylic acids is 1. The van der Waals surface area contributed by atoms with Crippen molar-refractivity contribution in [3.8, 4) is 5.95 Å². The zero-order valence-corrected chi connectivity index (χ0v) is 10.4. The SMILES string of the molecule is Cc1cc(C(=O)O)nc(-n2cc(I)cn2)n1. The van der Waals surface area contributed by atoms with Gasteiger partial charge in [0.1, 0.15) is 0 Å². The number of hydrogen-bond acceptors (Lipinski definition) is 4. The maximum Gasteiger partial charge on any atom is 0.354 e. The molecule has 0 radical (unpaired) electrons. The first-order valence-corrected chi connectivity index (χ1v) is 5.43. The molecule has 2 aromatic rings. The molecule has 0 amide bonds. The Morgan fingerprint density at radius 1 is 1.50 bits per heavy atom. The van der Waals surface area contributed by atoms with Crippen LogP contribution in [0.15, 0.2) is 18.5 Å². The summed E-state index contributed by atoms with van der Waals surface area (Å²) in [6.07, 6.45) is 3.37. The summed E-state index contributed by atoms with van der Waals surface area (Å²) in [7, 11) is 0. The standard InChI is InChI=1S/C9H7IN4O2/c1-5-2-7(8(15)16)13-9(12-5)14-4-6(10)3-11-14/h2-4H,1H3,(H,15,16). The Morgan fingerprint density at radius 2 is 2.25 bits per heavy atom. The zero-order chi connectivity index (χ0) is 11.7. The van der Waals surface area contributed by atoms with Crippen molar-refractivity contribution in [1.82, 2.24) is 19.7 Å². The van der Waals surface area contributed by atoms with E-state index in [-0.39, 0.29) is 11.6 Å². The summed E-state index contributed by atoms with van der Waals surface area (Å²) in [5, 5.41) is 12.9. The van der Waals surface area contributed by atoms with E-state index in [0.29, 0.717) is 5.69 Å². The normalized spacial score (nSPS) is 10.4. The Morgan fingerprint density at radius 3 is 2.81 bits per heavy atom. The highest BCUT2D eigenvalue weighted by Gasteiger charge is 2.10. The molecule has 2 heterocycles. The van der Waals surface area contributed by atoms with Gasteiger partial charge in [-0.1, -0.05) is 0 Å². The molecular weight excluding hydrogens is 323 g/mol. The van der Waals surface area contributed by atoms with Crippen LogP contribution in [0.3, 0.4) is 0 Å². The van der Waals surface area contributed by atoms with Gasteiger partial charge in [0.15, 0.2) is 5.69 Å². The Hall–Kier alpha value is -1.51. The zero-order valence-electron chi connectivity index (χ0n) is 8.25. The molecule has 0 bridgehead atoms. The molecule has 0 saturated carbocycles. The van der Waals surface area contributed by atoms with Gasteiger partial charge in [-0.05, 0) is 35.6 Å². The van der Waals surface area contributed by atoms with Gasteiger partial charge in [0.25, 0.3) is 5.95 Å². The lowest BCUT2D eigenvalue weighted by Gasteiger charge is -2.02. The average molecular weight is 330 g/mol. The number of rotatable bonds is 2. The van der Waals surface area contributed by atoms with Crippen LogP contribution in [-0.2, 0) is 0 Å². The predicted molar refractivity (Wildman–Crippen MR) is 63.6 cm³/mol. The number of carbonyl (C=O) groups is 1. The molecule has 16 heavy (non-hydrogen) atoms. The van der Waals surface area contributed by atoms with E-state index < -0.39 is 5.97 Å². The van der Waals surface area contributed by atoms with Crippen LogP contribution in [0.2, 0.25) is 0 Å².